The Morgan fingerprint density at radius 2 is 2.11 bits per heavy atom. The summed E-state index contributed by atoms with van der Waals surface area (Å²) in [4.78, 5) is 17.6. The molecule has 19 heavy (non-hydrogen) atoms. The second kappa shape index (κ2) is 6.04. The van der Waals surface area contributed by atoms with Gasteiger partial charge >= 0.3 is 5.97 Å². The number of rotatable bonds is 5. The summed E-state index contributed by atoms with van der Waals surface area (Å²) in [5.74, 6) is 0.558. The Morgan fingerprint density at radius 1 is 1.42 bits per heavy atom. The van der Waals surface area contributed by atoms with Gasteiger partial charge in [-0.05, 0) is 30.9 Å². The molecule has 0 unspecified atom stereocenters. The molecule has 0 atom stereocenters. The van der Waals surface area contributed by atoms with Gasteiger partial charge in [-0.15, -0.1) is 0 Å². The quantitative estimate of drug-likeness (QED) is 0.885. The Kier molecular flexibility index (Phi) is 4.40. The molecule has 0 saturated heterocycles. The molecular weight excluding hydrogens is 240 g/mol. The highest BCUT2D eigenvalue weighted by Gasteiger charge is 2.24. The maximum absolute atomic E-state index is 10.9. The van der Waals surface area contributed by atoms with Gasteiger partial charge in [0.2, 0.25) is 0 Å². The summed E-state index contributed by atoms with van der Waals surface area (Å²) in [6, 6.07) is 4.04. The number of carboxylic acids is 1. The zero-order chi connectivity index (χ0) is 13.8. The lowest BCUT2D eigenvalue weighted by molar-refractivity contribution is 0.0696. The van der Waals surface area contributed by atoms with Crippen LogP contribution in [0.25, 0.3) is 0 Å². The molecule has 1 aromatic heterocycles. The highest BCUT2D eigenvalue weighted by atomic mass is 16.4. The fourth-order valence-electron chi connectivity index (χ4n) is 2.72. The van der Waals surface area contributed by atoms with Crippen molar-refractivity contribution in [3.63, 3.8) is 0 Å². The molecule has 1 aromatic rings. The molecule has 2 rings (SSSR count). The van der Waals surface area contributed by atoms with E-state index in [4.69, 9.17) is 5.11 Å². The van der Waals surface area contributed by atoms with Crippen LogP contribution in [0.3, 0.4) is 0 Å². The molecule has 0 spiro atoms. The first-order chi connectivity index (χ1) is 9.08. The lowest BCUT2D eigenvalue weighted by Crippen LogP contribution is -2.36. The molecule has 1 N–H and O–H groups in total. The van der Waals surface area contributed by atoms with E-state index in [1.807, 2.05) is 6.07 Å². The van der Waals surface area contributed by atoms with Crippen molar-refractivity contribution < 1.29 is 9.90 Å². The molecule has 1 heterocycles. The van der Waals surface area contributed by atoms with Gasteiger partial charge in [0.1, 0.15) is 5.82 Å². The topological polar surface area (TPSA) is 53.4 Å². The van der Waals surface area contributed by atoms with Crippen LogP contribution in [0.1, 0.15) is 49.9 Å². The second-order valence-corrected chi connectivity index (χ2v) is 5.69. The van der Waals surface area contributed by atoms with E-state index in [0.29, 0.717) is 12.0 Å². The molecule has 0 bridgehead atoms. The Hall–Kier alpha value is -1.58. The number of nitrogens with zero attached hydrogens (tertiary/aromatic N) is 2. The summed E-state index contributed by atoms with van der Waals surface area (Å²) < 4.78 is 0. The smallest absolute Gasteiger partial charge is 0.337 e. The number of hydrogen-bond donors (Lipinski definition) is 1. The Balaban J connectivity index is 2.18. The van der Waals surface area contributed by atoms with Gasteiger partial charge in [-0.25, -0.2) is 9.78 Å². The molecule has 1 aliphatic carbocycles. The van der Waals surface area contributed by atoms with Gasteiger partial charge in [0.15, 0.2) is 0 Å². The van der Waals surface area contributed by atoms with Gasteiger partial charge < -0.3 is 10.0 Å². The molecule has 4 heteroatoms. The van der Waals surface area contributed by atoms with E-state index in [0.717, 1.165) is 12.4 Å². The van der Waals surface area contributed by atoms with Crippen molar-refractivity contribution in [3.8, 4) is 0 Å². The van der Waals surface area contributed by atoms with Crippen molar-refractivity contribution in [2.75, 3.05) is 11.4 Å². The SMILES string of the molecule is CC(C)CN(c1ccc(C(=O)O)cn1)C1CCCC1. The minimum Gasteiger partial charge on any atom is -0.478 e. The summed E-state index contributed by atoms with van der Waals surface area (Å²) in [5, 5.41) is 8.92. The van der Waals surface area contributed by atoms with Gasteiger partial charge in [0.25, 0.3) is 0 Å². The largest absolute Gasteiger partial charge is 0.478 e. The van der Waals surface area contributed by atoms with E-state index in [1.54, 1.807) is 6.07 Å². The van der Waals surface area contributed by atoms with Gasteiger partial charge in [-0.1, -0.05) is 26.7 Å². The first-order valence-electron chi connectivity index (χ1n) is 7.04. The number of aromatic nitrogens is 1. The third-order valence-electron chi connectivity index (χ3n) is 3.62. The summed E-state index contributed by atoms with van der Waals surface area (Å²) >= 11 is 0. The van der Waals surface area contributed by atoms with E-state index >= 15 is 0 Å². The average Bonchev–Trinajstić information content (AvgIpc) is 2.89. The third-order valence-corrected chi connectivity index (χ3v) is 3.62. The molecular formula is C15H22N2O2. The van der Waals surface area contributed by atoms with Crippen LogP contribution >= 0.6 is 0 Å². The minimum atomic E-state index is -0.921. The monoisotopic (exact) mass is 262 g/mol. The van der Waals surface area contributed by atoms with Crippen LogP contribution in [0.5, 0.6) is 0 Å². The van der Waals surface area contributed by atoms with Crippen LogP contribution in [-0.4, -0.2) is 28.6 Å². The Morgan fingerprint density at radius 3 is 2.58 bits per heavy atom. The number of carbonyl (C=O) groups is 1. The van der Waals surface area contributed by atoms with E-state index in [9.17, 15) is 4.79 Å². The van der Waals surface area contributed by atoms with Crippen molar-refractivity contribution in [2.45, 2.75) is 45.6 Å². The molecule has 0 aliphatic heterocycles. The van der Waals surface area contributed by atoms with Crippen molar-refractivity contribution >= 4 is 11.8 Å². The lowest BCUT2D eigenvalue weighted by atomic mass is 10.1. The zero-order valence-electron chi connectivity index (χ0n) is 11.7. The van der Waals surface area contributed by atoms with E-state index in [-0.39, 0.29) is 5.56 Å². The Bertz CT molecular complexity index is 422. The van der Waals surface area contributed by atoms with Crippen molar-refractivity contribution in [1.29, 1.82) is 0 Å². The fourth-order valence-corrected chi connectivity index (χ4v) is 2.72. The summed E-state index contributed by atoms with van der Waals surface area (Å²) in [7, 11) is 0. The number of carboxylic acid groups (broad SMARTS) is 1. The number of pyridine rings is 1. The molecule has 1 saturated carbocycles. The van der Waals surface area contributed by atoms with Gasteiger partial charge in [0.05, 0.1) is 5.56 Å². The van der Waals surface area contributed by atoms with Crippen molar-refractivity contribution in [1.82, 2.24) is 4.98 Å². The Labute approximate surface area is 114 Å². The number of anilines is 1. The van der Waals surface area contributed by atoms with Crippen molar-refractivity contribution in [3.05, 3.63) is 23.9 Å². The summed E-state index contributed by atoms with van der Waals surface area (Å²) in [6.45, 7) is 5.38. The van der Waals surface area contributed by atoms with Crippen molar-refractivity contribution in [2.24, 2.45) is 5.92 Å². The first-order valence-corrected chi connectivity index (χ1v) is 7.04. The second-order valence-electron chi connectivity index (χ2n) is 5.69. The highest BCUT2D eigenvalue weighted by molar-refractivity contribution is 5.87. The van der Waals surface area contributed by atoms with Crippen LogP contribution in [0, 0.1) is 5.92 Å². The maximum Gasteiger partial charge on any atom is 0.337 e. The van der Waals surface area contributed by atoms with Gasteiger partial charge in [-0.2, -0.15) is 0 Å². The van der Waals surface area contributed by atoms with E-state index in [1.165, 1.54) is 31.9 Å². The molecule has 4 nitrogen and oxygen atoms in total. The van der Waals surface area contributed by atoms with E-state index < -0.39 is 5.97 Å². The van der Waals surface area contributed by atoms with Crippen LogP contribution in [0.15, 0.2) is 18.3 Å². The molecule has 104 valence electrons. The summed E-state index contributed by atoms with van der Waals surface area (Å²) in [6.07, 6.45) is 6.46. The fraction of sp³-hybridized carbons (Fsp3) is 0.600. The van der Waals surface area contributed by atoms with Crippen LogP contribution in [-0.2, 0) is 0 Å². The maximum atomic E-state index is 10.9. The minimum absolute atomic E-state index is 0.250. The molecule has 1 aliphatic rings. The predicted octanol–water partition coefficient (Wildman–Crippen LogP) is 3.18. The molecule has 0 aromatic carbocycles. The van der Waals surface area contributed by atoms with Gasteiger partial charge in [0, 0.05) is 18.8 Å². The van der Waals surface area contributed by atoms with Crippen LogP contribution in [0.4, 0.5) is 5.82 Å². The van der Waals surface area contributed by atoms with Crippen LogP contribution in [0.2, 0.25) is 0 Å². The first kappa shape index (κ1) is 13.8. The molecule has 0 radical (unpaired) electrons. The van der Waals surface area contributed by atoms with Crippen LogP contribution < -0.4 is 4.90 Å². The average molecular weight is 262 g/mol. The number of aromatic carboxylic acids is 1. The number of hydrogen-bond acceptors (Lipinski definition) is 3. The molecule has 0 amide bonds. The van der Waals surface area contributed by atoms with Gasteiger partial charge in [-0.3, -0.25) is 0 Å². The highest BCUT2D eigenvalue weighted by Crippen LogP contribution is 2.28. The molecule has 1 fully saturated rings. The van der Waals surface area contributed by atoms with E-state index in [2.05, 4.69) is 23.7 Å². The summed E-state index contributed by atoms with van der Waals surface area (Å²) in [5.41, 5.74) is 0.250. The third kappa shape index (κ3) is 3.46. The normalized spacial score (nSPS) is 15.9. The predicted molar refractivity (Wildman–Crippen MR) is 75.6 cm³/mol. The zero-order valence-corrected chi connectivity index (χ0v) is 11.7. The lowest BCUT2D eigenvalue weighted by Gasteiger charge is -2.31. The standard InChI is InChI=1S/C15H22N2O2/c1-11(2)10-17(13-5-3-4-6-13)14-8-7-12(9-16-14)15(18)19/h7-9,11,13H,3-6,10H2,1-2H3,(H,18,19).